The van der Waals surface area contributed by atoms with Gasteiger partial charge in [-0.3, -0.25) is 4.79 Å². The van der Waals surface area contributed by atoms with Gasteiger partial charge in [0.05, 0.1) is 18.9 Å². The molecule has 0 saturated heterocycles. The van der Waals surface area contributed by atoms with E-state index in [2.05, 4.69) is 6.07 Å². The van der Waals surface area contributed by atoms with Crippen LogP contribution in [0.1, 0.15) is 17.5 Å². The number of benzene rings is 3. The van der Waals surface area contributed by atoms with Crippen molar-refractivity contribution in [1.29, 1.82) is 10.7 Å². The Hall–Kier alpha value is -3.45. The van der Waals surface area contributed by atoms with Crippen LogP contribution in [0.5, 0.6) is 0 Å². The number of nitrogens with zero attached hydrogens (tertiary/aromatic N) is 2. The largest absolute Gasteiger partial charge is 0.311 e. The lowest BCUT2D eigenvalue weighted by molar-refractivity contribution is -0.117. The molecule has 0 aromatic heterocycles. The lowest BCUT2D eigenvalue weighted by atomic mass is 9.97. The maximum atomic E-state index is 13.0. The average Bonchev–Trinajstić information content (AvgIpc) is 2.69. The van der Waals surface area contributed by atoms with E-state index in [0.29, 0.717) is 6.54 Å². The van der Waals surface area contributed by atoms with Gasteiger partial charge in [-0.05, 0) is 34.0 Å². The Balaban J connectivity index is 1.94. The van der Waals surface area contributed by atoms with Crippen molar-refractivity contribution in [2.75, 3.05) is 11.4 Å². The quantitative estimate of drug-likeness (QED) is 0.678. The lowest BCUT2D eigenvalue weighted by Crippen LogP contribution is -2.33. The number of carbonyl (C=O) groups excluding carboxylic acids is 1. The van der Waals surface area contributed by atoms with Crippen molar-refractivity contribution in [1.82, 2.24) is 0 Å². The SMILES string of the molecule is N#CCCN(C(=O)Cc1ccc(C=N)c2ccccc12)c1ccccc1. The molecule has 3 aromatic carbocycles. The summed E-state index contributed by atoms with van der Waals surface area (Å²) >= 11 is 0. The molecule has 1 amide bonds. The fourth-order valence-corrected chi connectivity index (χ4v) is 3.09. The molecule has 0 atom stereocenters. The van der Waals surface area contributed by atoms with E-state index in [4.69, 9.17) is 10.7 Å². The van der Waals surface area contributed by atoms with Gasteiger partial charge < -0.3 is 10.3 Å². The molecule has 128 valence electrons. The number of hydrogen-bond acceptors (Lipinski definition) is 3. The van der Waals surface area contributed by atoms with E-state index in [-0.39, 0.29) is 18.7 Å². The molecular formula is C22H19N3O. The molecule has 0 unspecified atom stereocenters. The number of para-hydroxylation sites is 1. The minimum atomic E-state index is -0.0424. The first kappa shape index (κ1) is 17.4. The Labute approximate surface area is 152 Å². The number of amides is 1. The first-order chi connectivity index (χ1) is 12.7. The van der Waals surface area contributed by atoms with Gasteiger partial charge >= 0.3 is 0 Å². The summed E-state index contributed by atoms with van der Waals surface area (Å²) in [5, 5.41) is 18.4. The fourth-order valence-electron chi connectivity index (χ4n) is 3.09. The number of rotatable bonds is 6. The molecule has 4 heteroatoms. The molecule has 0 fully saturated rings. The topological polar surface area (TPSA) is 68.0 Å². The summed E-state index contributed by atoms with van der Waals surface area (Å²) in [4.78, 5) is 14.7. The highest BCUT2D eigenvalue weighted by molar-refractivity contribution is 6.03. The predicted octanol–water partition coefficient (Wildman–Crippen LogP) is 4.33. The van der Waals surface area contributed by atoms with E-state index in [0.717, 1.165) is 27.6 Å². The van der Waals surface area contributed by atoms with Crippen molar-refractivity contribution >= 4 is 28.6 Å². The van der Waals surface area contributed by atoms with Gasteiger partial charge in [0.15, 0.2) is 0 Å². The van der Waals surface area contributed by atoms with Gasteiger partial charge in [-0.15, -0.1) is 0 Å². The van der Waals surface area contributed by atoms with Crippen LogP contribution in [0.25, 0.3) is 10.8 Å². The van der Waals surface area contributed by atoms with Gasteiger partial charge in [0.25, 0.3) is 0 Å². The maximum Gasteiger partial charge on any atom is 0.231 e. The van der Waals surface area contributed by atoms with Crippen LogP contribution in [-0.2, 0) is 11.2 Å². The predicted molar refractivity (Wildman–Crippen MR) is 105 cm³/mol. The summed E-state index contributed by atoms with van der Waals surface area (Å²) < 4.78 is 0. The van der Waals surface area contributed by atoms with E-state index in [1.54, 1.807) is 4.90 Å². The number of hydrogen-bond donors (Lipinski definition) is 1. The van der Waals surface area contributed by atoms with Crippen LogP contribution in [0.15, 0.2) is 66.7 Å². The standard InChI is InChI=1S/C22H19N3O/c23-13-6-14-25(19-7-2-1-3-8-19)22(26)15-17-11-12-18(16-24)21-10-5-4-9-20(17)21/h1-5,7-12,16,24H,6,14-15H2. The van der Waals surface area contributed by atoms with Crippen LogP contribution in [0.4, 0.5) is 5.69 Å². The Morgan fingerprint density at radius 2 is 1.69 bits per heavy atom. The Morgan fingerprint density at radius 3 is 2.38 bits per heavy atom. The van der Waals surface area contributed by atoms with Crippen molar-refractivity contribution in [3.8, 4) is 6.07 Å². The second-order valence-corrected chi connectivity index (χ2v) is 5.97. The van der Waals surface area contributed by atoms with Gasteiger partial charge in [-0.2, -0.15) is 5.26 Å². The lowest BCUT2D eigenvalue weighted by Gasteiger charge is -2.22. The highest BCUT2D eigenvalue weighted by Crippen LogP contribution is 2.24. The summed E-state index contributed by atoms with van der Waals surface area (Å²) in [6.07, 6.45) is 1.87. The molecule has 3 rings (SSSR count). The van der Waals surface area contributed by atoms with E-state index in [9.17, 15) is 4.79 Å². The third-order valence-electron chi connectivity index (χ3n) is 4.36. The molecule has 0 saturated carbocycles. The van der Waals surface area contributed by atoms with Crippen LogP contribution in [0, 0.1) is 16.7 Å². The van der Waals surface area contributed by atoms with Crippen LogP contribution in [0.2, 0.25) is 0 Å². The van der Waals surface area contributed by atoms with Crippen molar-refractivity contribution in [3.05, 3.63) is 77.9 Å². The van der Waals surface area contributed by atoms with E-state index >= 15 is 0 Å². The maximum absolute atomic E-state index is 13.0. The van der Waals surface area contributed by atoms with Crippen molar-refractivity contribution in [3.63, 3.8) is 0 Å². The third-order valence-corrected chi connectivity index (χ3v) is 4.36. The second kappa shape index (κ2) is 8.09. The Kier molecular flexibility index (Phi) is 5.40. The third kappa shape index (κ3) is 3.62. The van der Waals surface area contributed by atoms with E-state index in [1.807, 2.05) is 66.7 Å². The van der Waals surface area contributed by atoms with Gasteiger partial charge in [0.1, 0.15) is 0 Å². The zero-order chi connectivity index (χ0) is 18.4. The number of nitriles is 1. The normalized spacial score (nSPS) is 10.3. The Bertz CT molecular complexity index is 974. The number of carbonyl (C=O) groups is 1. The molecule has 0 heterocycles. The minimum Gasteiger partial charge on any atom is -0.311 e. The van der Waals surface area contributed by atoms with Crippen molar-refractivity contribution in [2.24, 2.45) is 0 Å². The van der Waals surface area contributed by atoms with Gasteiger partial charge in [-0.25, -0.2) is 0 Å². The molecular weight excluding hydrogens is 322 g/mol. The van der Waals surface area contributed by atoms with Crippen molar-refractivity contribution in [2.45, 2.75) is 12.8 Å². The number of nitrogens with one attached hydrogen (secondary N) is 1. The second-order valence-electron chi connectivity index (χ2n) is 5.97. The molecule has 1 N–H and O–H groups in total. The summed E-state index contributed by atoms with van der Waals surface area (Å²) in [5.74, 6) is -0.0424. The summed E-state index contributed by atoms with van der Waals surface area (Å²) in [7, 11) is 0. The fraction of sp³-hybridized carbons (Fsp3) is 0.136. The van der Waals surface area contributed by atoms with Crippen LogP contribution in [0.3, 0.4) is 0 Å². The average molecular weight is 341 g/mol. The van der Waals surface area contributed by atoms with Crippen LogP contribution in [-0.4, -0.2) is 18.7 Å². The summed E-state index contributed by atoms with van der Waals surface area (Å²) in [6, 6.07) is 23.2. The first-order valence-electron chi connectivity index (χ1n) is 8.48. The molecule has 3 aromatic rings. The zero-order valence-corrected chi connectivity index (χ0v) is 14.4. The van der Waals surface area contributed by atoms with E-state index < -0.39 is 0 Å². The van der Waals surface area contributed by atoms with Gasteiger partial charge in [0.2, 0.25) is 5.91 Å². The number of anilines is 1. The molecule has 0 bridgehead atoms. The van der Waals surface area contributed by atoms with E-state index in [1.165, 1.54) is 6.21 Å². The number of fused-ring (bicyclic) bond motifs is 1. The highest BCUT2D eigenvalue weighted by Gasteiger charge is 2.17. The van der Waals surface area contributed by atoms with Crippen molar-refractivity contribution < 1.29 is 4.79 Å². The summed E-state index contributed by atoms with van der Waals surface area (Å²) in [6.45, 7) is 0.371. The molecule has 0 aliphatic heterocycles. The molecule has 4 nitrogen and oxygen atoms in total. The monoisotopic (exact) mass is 341 g/mol. The summed E-state index contributed by atoms with van der Waals surface area (Å²) in [5.41, 5.74) is 2.56. The zero-order valence-electron chi connectivity index (χ0n) is 14.4. The Morgan fingerprint density at radius 1 is 1.00 bits per heavy atom. The minimum absolute atomic E-state index is 0.0424. The highest BCUT2D eigenvalue weighted by atomic mass is 16.2. The molecule has 0 aliphatic carbocycles. The van der Waals surface area contributed by atoms with Gasteiger partial charge in [0, 0.05) is 18.4 Å². The molecule has 0 radical (unpaired) electrons. The van der Waals surface area contributed by atoms with Crippen LogP contribution < -0.4 is 4.90 Å². The molecule has 26 heavy (non-hydrogen) atoms. The molecule has 0 aliphatic rings. The van der Waals surface area contributed by atoms with Crippen LogP contribution >= 0.6 is 0 Å². The van der Waals surface area contributed by atoms with Gasteiger partial charge in [-0.1, -0.05) is 54.6 Å². The smallest absolute Gasteiger partial charge is 0.231 e. The first-order valence-corrected chi connectivity index (χ1v) is 8.48. The molecule has 0 spiro atoms.